The number of hydrogen-bond donors (Lipinski definition) is 3. The van der Waals surface area contributed by atoms with Gasteiger partial charge >= 0.3 is 12.0 Å². The summed E-state index contributed by atoms with van der Waals surface area (Å²) in [5, 5.41) is 13.8. The highest BCUT2D eigenvalue weighted by molar-refractivity contribution is 5.75. The Bertz CT molecular complexity index is 395. The Hall–Kier alpha value is -2.11. The third-order valence-electron chi connectivity index (χ3n) is 2.28. The average molecular weight is 251 g/mol. The maximum absolute atomic E-state index is 11.4. The standard InChI is InChI=1S/C12H17N3O3/c1-9(7-11(16)17)15-12(18)14-6-4-10-3-2-5-13-8-10/h2-3,5,8-9H,4,6-7H2,1H3,(H,16,17)(H2,14,15,18). The van der Waals surface area contributed by atoms with Crippen LogP contribution in [0.1, 0.15) is 18.9 Å². The van der Waals surface area contributed by atoms with E-state index >= 15 is 0 Å². The molecule has 0 radical (unpaired) electrons. The van der Waals surface area contributed by atoms with Crippen LogP contribution in [-0.2, 0) is 11.2 Å². The molecular formula is C12H17N3O3. The Balaban J connectivity index is 2.19. The van der Waals surface area contributed by atoms with E-state index in [9.17, 15) is 9.59 Å². The van der Waals surface area contributed by atoms with Crippen LogP contribution in [0.15, 0.2) is 24.5 Å². The van der Waals surface area contributed by atoms with Crippen molar-refractivity contribution in [2.45, 2.75) is 25.8 Å². The number of aliphatic carboxylic acids is 1. The summed E-state index contributed by atoms with van der Waals surface area (Å²) in [7, 11) is 0. The van der Waals surface area contributed by atoms with Gasteiger partial charge in [0, 0.05) is 25.0 Å². The number of amides is 2. The first-order valence-electron chi connectivity index (χ1n) is 5.73. The maximum atomic E-state index is 11.4. The van der Waals surface area contributed by atoms with Crippen LogP contribution in [0, 0.1) is 0 Å². The largest absolute Gasteiger partial charge is 0.481 e. The van der Waals surface area contributed by atoms with Crippen molar-refractivity contribution in [3.05, 3.63) is 30.1 Å². The van der Waals surface area contributed by atoms with Gasteiger partial charge in [-0.2, -0.15) is 0 Å². The zero-order chi connectivity index (χ0) is 13.4. The molecule has 18 heavy (non-hydrogen) atoms. The van der Waals surface area contributed by atoms with Gasteiger partial charge in [0.1, 0.15) is 0 Å². The van der Waals surface area contributed by atoms with Gasteiger partial charge in [-0.1, -0.05) is 6.07 Å². The minimum Gasteiger partial charge on any atom is -0.481 e. The Morgan fingerprint density at radius 1 is 1.50 bits per heavy atom. The molecule has 0 aliphatic heterocycles. The highest BCUT2D eigenvalue weighted by Gasteiger charge is 2.09. The smallest absolute Gasteiger partial charge is 0.315 e. The summed E-state index contributed by atoms with van der Waals surface area (Å²) in [5.41, 5.74) is 1.04. The molecule has 0 fully saturated rings. The van der Waals surface area contributed by atoms with Gasteiger partial charge in [0.15, 0.2) is 0 Å². The first kappa shape index (κ1) is 14.0. The predicted molar refractivity (Wildman–Crippen MR) is 66.2 cm³/mol. The number of carboxylic acids is 1. The van der Waals surface area contributed by atoms with Crippen molar-refractivity contribution >= 4 is 12.0 Å². The highest BCUT2D eigenvalue weighted by Crippen LogP contribution is 1.95. The molecule has 2 amide bonds. The zero-order valence-corrected chi connectivity index (χ0v) is 10.2. The fourth-order valence-electron chi connectivity index (χ4n) is 1.45. The number of carbonyl (C=O) groups excluding carboxylic acids is 1. The van der Waals surface area contributed by atoms with Crippen LogP contribution in [0.25, 0.3) is 0 Å². The minimum atomic E-state index is -0.932. The molecular weight excluding hydrogens is 234 g/mol. The van der Waals surface area contributed by atoms with Crippen molar-refractivity contribution < 1.29 is 14.7 Å². The van der Waals surface area contributed by atoms with E-state index in [1.165, 1.54) is 0 Å². The second-order valence-corrected chi connectivity index (χ2v) is 4.01. The van der Waals surface area contributed by atoms with E-state index in [4.69, 9.17) is 5.11 Å². The lowest BCUT2D eigenvalue weighted by molar-refractivity contribution is -0.137. The van der Waals surface area contributed by atoms with Gasteiger partial charge in [0.05, 0.1) is 6.42 Å². The minimum absolute atomic E-state index is 0.0873. The average Bonchev–Trinajstić information content (AvgIpc) is 2.29. The number of pyridine rings is 1. The lowest BCUT2D eigenvalue weighted by Crippen LogP contribution is -2.42. The molecule has 0 aliphatic rings. The van der Waals surface area contributed by atoms with E-state index in [1.54, 1.807) is 19.3 Å². The van der Waals surface area contributed by atoms with Crippen LogP contribution in [0.5, 0.6) is 0 Å². The summed E-state index contributed by atoms with van der Waals surface area (Å²) in [6, 6.07) is 3.03. The van der Waals surface area contributed by atoms with Gasteiger partial charge in [-0.15, -0.1) is 0 Å². The van der Waals surface area contributed by atoms with Crippen LogP contribution < -0.4 is 10.6 Å². The molecule has 0 saturated heterocycles. The molecule has 0 aliphatic carbocycles. The number of carbonyl (C=O) groups is 2. The normalized spacial score (nSPS) is 11.6. The van der Waals surface area contributed by atoms with Crippen LogP contribution in [0.3, 0.4) is 0 Å². The van der Waals surface area contributed by atoms with Gasteiger partial charge in [-0.05, 0) is 25.0 Å². The van der Waals surface area contributed by atoms with Crippen LogP contribution in [0.4, 0.5) is 4.79 Å². The first-order valence-corrected chi connectivity index (χ1v) is 5.73. The van der Waals surface area contributed by atoms with Crippen molar-refractivity contribution in [1.82, 2.24) is 15.6 Å². The fraction of sp³-hybridized carbons (Fsp3) is 0.417. The fourth-order valence-corrected chi connectivity index (χ4v) is 1.45. The van der Waals surface area contributed by atoms with Gasteiger partial charge in [-0.3, -0.25) is 9.78 Å². The lowest BCUT2D eigenvalue weighted by Gasteiger charge is -2.12. The quantitative estimate of drug-likeness (QED) is 0.697. The van der Waals surface area contributed by atoms with Gasteiger partial charge in [-0.25, -0.2) is 4.79 Å². The van der Waals surface area contributed by atoms with Crippen molar-refractivity contribution in [2.75, 3.05) is 6.54 Å². The molecule has 0 saturated carbocycles. The highest BCUT2D eigenvalue weighted by atomic mass is 16.4. The summed E-state index contributed by atoms with van der Waals surface area (Å²) in [6.45, 7) is 2.13. The van der Waals surface area contributed by atoms with Crippen LogP contribution >= 0.6 is 0 Å². The van der Waals surface area contributed by atoms with Crippen molar-refractivity contribution in [1.29, 1.82) is 0 Å². The van der Waals surface area contributed by atoms with Crippen LogP contribution in [0.2, 0.25) is 0 Å². The number of hydrogen-bond acceptors (Lipinski definition) is 3. The Kier molecular flexibility index (Phi) is 5.63. The van der Waals surface area contributed by atoms with E-state index in [0.29, 0.717) is 13.0 Å². The third-order valence-corrected chi connectivity index (χ3v) is 2.28. The second-order valence-electron chi connectivity index (χ2n) is 4.01. The molecule has 6 heteroatoms. The summed E-state index contributed by atoms with van der Waals surface area (Å²) in [4.78, 5) is 25.8. The molecule has 1 atom stereocenters. The summed E-state index contributed by atoms with van der Waals surface area (Å²) in [6.07, 6.45) is 4.04. The van der Waals surface area contributed by atoms with E-state index in [1.807, 2.05) is 12.1 Å². The summed E-state index contributed by atoms with van der Waals surface area (Å²) in [5.74, 6) is -0.932. The van der Waals surface area contributed by atoms with E-state index in [-0.39, 0.29) is 18.5 Å². The molecule has 3 N–H and O–H groups in total. The Morgan fingerprint density at radius 2 is 2.28 bits per heavy atom. The van der Waals surface area contributed by atoms with E-state index in [2.05, 4.69) is 15.6 Å². The Morgan fingerprint density at radius 3 is 2.89 bits per heavy atom. The SMILES string of the molecule is CC(CC(=O)O)NC(=O)NCCc1cccnc1. The predicted octanol–water partition coefficient (Wildman–Crippen LogP) is 0.786. The topological polar surface area (TPSA) is 91.3 Å². The lowest BCUT2D eigenvalue weighted by atomic mass is 10.2. The second kappa shape index (κ2) is 7.26. The third kappa shape index (κ3) is 5.83. The van der Waals surface area contributed by atoms with Gasteiger partial charge < -0.3 is 15.7 Å². The molecule has 1 heterocycles. The Labute approximate surface area is 105 Å². The number of nitrogens with one attached hydrogen (secondary N) is 2. The molecule has 1 rings (SSSR count). The van der Waals surface area contributed by atoms with Crippen molar-refractivity contribution in [3.8, 4) is 0 Å². The van der Waals surface area contributed by atoms with Gasteiger partial charge in [0.2, 0.25) is 0 Å². The molecule has 6 nitrogen and oxygen atoms in total. The number of carboxylic acid groups (broad SMARTS) is 1. The summed E-state index contributed by atoms with van der Waals surface area (Å²) < 4.78 is 0. The van der Waals surface area contributed by atoms with Gasteiger partial charge in [0.25, 0.3) is 0 Å². The van der Waals surface area contributed by atoms with Crippen molar-refractivity contribution in [2.24, 2.45) is 0 Å². The molecule has 1 aromatic heterocycles. The van der Waals surface area contributed by atoms with Crippen LogP contribution in [-0.4, -0.2) is 34.7 Å². The molecule has 0 spiro atoms. The first-order chi connectivity index (χ1) is 8.58. The zero-order valence-electron chi connectivity index (χ0n) is 10.2. The molecule has 1 aromatic rings. The molecule has 98 valence electrons. The summed E-state index contributed by atoms with van der Waals surface area (Å²) >= 11 is 0. The molecule has 0 bridgehead atoms. The molecule has 1 unspecified atom stereocenters. The van der Waals surface area contributed by atoms with E-state index in [0.717, 1.165) is 5.56 Å². The number of rotatable bonds is 6. The number of aromatic nitrogens is 1. The van der Waals surface area contributed by atoms with E-state index < -0.39 is 5.97 Å². The number of nitrogens with zero attached hydrogens (tertiary/aromatic N) is 1. The molecule has 0 aromatic carbocycles. The monoisotopic (exact) mass is 251 g/mol. The number of urea groups is 1. The van der Waals surface area contributed by atoms with Crippen molar-refractivity contribution in [3.63, 3.8) is 0 Å². The maximum Gasteiger partial charge on any atom is 0.315 e.